The van der Waals surface area contributed by atoms with Crippen molar-refractivity contribution in [3.63, 3.8) is 0 Å². The molecule has 6 rings (SSSR count). The second kappa shape index (κ2) is 17.4. The van der Waals surface area contributed by atoms with E-state index in [1.807, 2.05) is 41.5 Å². The second-order valence-electron chi connectivity index (χ2n) is 6.89. The van der Waals surface area contributed by atoms with Gasteiger partial charge in [-0.25, -0.2) is 0 Å². The first-order chi connectivity index (χ1) is 16.4. The lowest BCUT2D eigenvalue weighted by atomic mass is 10.1. The van der Waals surface area contributed by atoms with Crippen molar-refractivity contribution in [2.45, 2.75) is 60.8 Å². The van der Waals surface area contributed by atoms with Crippen LogP contribution >= 0.6 is 0 Å². The molecule has 0 heterocycles. The number of allylic oxidation sites excluding steroid dienone is 5. The van der Waals surface area contributed by atoms with Gasteiger partial charge in [0.25, 0.3) is 0 Å². The maximum Gasteiger partial charge on any atom is -0.00135 e. The summed E-state index contributed by atoms with van der Waals surface area (Å²) in [6.07, 6.45) is 16.1. The minimum absolute atomic E-state index is 1.10. The van der Waals surface area contributed by atoms with Crippen LogP contribution in [0.1, 0.15) is 70.2 Å². The van der Waals surface area contributed by atoms with Gasteiger partial charge >= 0.3 is 0 Å². The van der Waals surface area contributed by atoms with Crippen molar-refractivity contribution in [3.05, 3.63) is 125 Å². The molecule has 0 bridgehead atoms. The fraction of sp³-hybridized carbons (Fsp3) is 0.273. The highest BCUT2D eigenvalue weighted by Gasteiger charge is 2.15. The number of fused-ring (bicyclic) bond motifs is 4. The lowest BCUT2D eigenvalue weighted by molar-refractivity contribution is 1.26. The van der Waals surface area contributed by atoms with Crippen molar-refractivity contribution in [2.75, 3.05) is 0 Å². The van der Waals surface area contributed by atoms with E-state index in [1.54, 1.807) is 0 Å². The largest absolute Gasteiger partial charge is 0.0808 e. The summed E-state index contributed by atoms with van der Waals surface area (Å²) in [6, 6.07) is 25.8. The topological polar surface area (TPSA) is 0 Å². The quantitative estimate of drug-likeness (QED) is 0.256. The number of rotatable bonds is 0. The third kappa shape index (κ3) is 8.73. The molecule has 0 aliphatic heterocycles. The summed E-state index contributed by atoms with van der Waals surface area (Å²) < 4.78 is 0. The predicted molar refractivity (Wildman–Crippen MR) is 151 cm³/mol. The minimum Gasteiger partial charge on any atom is -0.0808 e. The summed E-state index contributed by atoms with van der Waals surface area (Å²) in [7, 11) is 0. The Morgan fingerprint density at radius 1 is 0.485 bits per heavy atom. The molecule has 3 aromatic carbocycles. The molecule has 0 saturated heterocycles. The molecule has 0 fully saturated rings. The molecule has 0 amide bonds. The van der Waals surface area contributed by atoms with E-state index in [1.165, 1.54) is 33.4 Å². The van der Waals surface area contributed by atoms with Crippen LogP contribution in [0.2, 0.25) is 0 Å². The SMILES string of the molecule is C1=CCC=C1.C1=Cc2ccccc2C1.CC.CC.CC.c1ccc2c(c1)Cc1ccccc1-2. The molecule has 0 N–H and O–H groups in total. The van der Waals surface area contributed by atoms with E-state index in [0.29, 0.717) is 0 Å². The molecule has 33 heavy (non-hydrogen) atoms. The molecular formula is C33H42. The summed E-state index contributed by atoms with van der Waals surface area (Å²) in [5.41, 5.74) is 8.60. The summed E-state index contributed by atoms with van der Waals surface area (Å²) >= 11 is 0. The van der Waals surface area contributed by atoms with Crippen molar-refractivity contribution in [1.29, 1.82) is 0 Å². The van der Waals surface area contributed by atoms with E-state index in [2.05, 4.69) is 109 Å². The average molecular weight is 439 g/mol. The first-order valence-electron chi connectivity index (χ1n) is 12.6. The first-order valence-corrected chi connectivity index (χ1v) is 12.6. The van der Waals surface area contributed by atoms with Gasteiger partial charge in [0.05, 0.1) is 0 Å². The Kier molecular flexibility index (Phi) is 14.7. The normalized spacial score (nSPS) is 11.8. The molecule has 3 aliphatic carbocycles. The third-order valence-electron chi connectivity index (χ3n) is 5.05. The Morgan fingerprint density at radius 2 is 0.939 bits per heavy atom. The Balaban J connectivity index is 0.000000238. The van der Waals surface area contributed by atoms with Gasteiger partial charge in [0.1, 0.15) is 0 Å². The molecule has 0 radical (unpaired) electrons. The summed E-state index contributed by atoms with van der Waals surface area (Å²) in [5.74, 6) is 0. The Hall–Kier alpha value is -3.12. The maximum atomic E-state index is 2.22. The monoisotopic (exact) mass is 438 g/mol. The third-order valence-corrected chi connectivity index (χ3v) is 5.05. The number of benzene rings is 3. The molecule has 0 heteroatoms. The fourth-order valence-electron chi connectivity index (χ4n) is 3.67. The molecule has 3 aliphatic rings. The van der Waals surface area contributed by atoms with Gasteiger partial charge in [-0.15, -0.1) is 0 Å². The number of hydrogen-bond acceptors (Lipinski definition) is 0. The minimum atomic E-state index is 1.10. The summed E-state index contributed by atoms with van der Waals surface area (Å²) in [5, 5.41) is 0. The second-order valence-corrected chi connectivity index (χ2v) is 6.89. The molecule has 0 atom stereocenters. The van der Waals surface area contributed by atoms with Crippen LogP contribution in [0.15, 0.2) is 103 Å². The van der Waals surface area contributed by atoms with E-state index in [9.17, 15) is 0 Å². The van der Waals surface area contributed by atoms with E-state index in [4.69, 9.17) is 0 Å². The summed E-state index contributed by atoms with van der Waals surface area (Å²) in [6.45, 7) is 12.0. The van der Waals surface area contributed by atoms with Crippen molar-refractivity contribution in [3.8, 4) is 11.1 Å². The molecule has 0 unspecified atom stereocenters. The lowest BCUT2D eigenvalue weighted by Crippen LogP contribution is -1.77. The van der Waals surface area contributed by atoms with Crippen LogP contribution in [0.4, 0.5) is 0 Å². The average Bonchev–Trinajstić information content (AvgIpc) is 3.70. The zero-order chi connectivity index (χ0) is 24.3. The van der Waals surface area contributed by atoms with Gasteiger partial charge in [0.2, 0.25) is 0 Å². The van der Waals surface area contributed by atoms with Gasteiger partial charge in [0.15, 0.2) is 0 Å². The van der Waals surface area contributed by atoms with Gasteiger partial charge in [-0.3, -0.25) is 0 Å². The highest BCUT2D eigenvalue weighted by molar-refractivity contribution is 5.76. The molecule has 174 valence electrons. The van der Waals surface area contributed by atoms with Crippen LogP contribution in [-0.2, 0) is 12.8 Å². The Labute approximate surface area is 203 Å². The van der Waals surface area contributed by atoms with Crippen LogP contribution in [0.25, 0.3) is 17.2 Å². The fourth-order valence-corrected chi connectivity index (χ4v) is 3.67. The van der Waals surface area contributed by atoms with Crippen molar-refractivity contribution in [1.82, 2.24) is 0 Å². The van der Waals surface area contributed by atoms with Crippen LogP contribution in [0.3, 0.4) is 0 Å². The molecule has 0 spiro atoms. The van der Waals surface area contributed by atoms with Gasteiger partial charge in [-0.1, -0.05) is 151 Å². The molecule has 3 aromatic rings. The van der Waals surface area contributed by atoms with E-state index < -0.39 is 0 Å². The lowest BCUT2D eigenvalue weighted by Gasteiger charge is -1.98. The van der Waals surface area contributed by atoms with Gasteiger partial charge < -0.3 is 0 Å². The van der Waals surface area contributed by atoms with E-state index in [0.717, 1.165) is 19.3 Å². The summed E-state index contributed by atoms with van der Waals surface area (Å²) in [4.78, 5) is 0. The predicted octanol–water partition coefficient (Wildman–Crippen LogP) is 10.1. The molecule has 0 aromatic heterocycles. The van der Waals surface area contributed by atoms with Crippen molar-refractivity contribution in [2.24, 2.45) is 0 Å². The highest BCUT2D eigenvalue weighted by Crippen LogP contribution is 2.35. The zero-order valence-electron chi connectivity index (χ0n) is 21.5. The number of hydrogen-bond donors (Lipinski definition) is 0. The maximum absolute atomic E-state index is 2.22. The van der Waals surface area contributed by atoms with E-state index >= 15 is 0 Å². The molecule has 0 nitrogen and oxygen atoms in total. The highest BCUT2D eigenvalue weighted by atomic mass is 14.2. The standard InChI is InChI=1S/C13H10.C9H8.C5H6.3C2H6/c1-3-7-12-10(5-1)9-11-6-2-4-8-13(11)12;1-2-5-9-7-3-6-8(9)4-1;1-2-4-5-3-1;3*1-2/h1-8H,9H2;1-6H,7H2;1-4H,5H2;3*1-2H3. The van der Waals surface area contributed by atoms with Crippen LogP contribution in [0.5, 0.6) is 0 Å². The smallest absolute Gasteiger partial charge is 0.00135 e. The molecular weight excluding hydrogens is 396 g/mol. The Bertz CT molecular complexity index is 948. The van der Waals surface area contributed by atoms with Crippen LogP contribution in [0, 0.1) is 0 Å². The van der Waals surface area contributed by atoms with Gasteiger partial charge in [0, 0.05) is 0 Å². The van der Waals surface area contributed by atoms with Crippen molar-refractivity contribution >= 4 is 6.08 Å². The van der Waals surface area contributed by atoms with E-state index in [-0.39, 0.29) is 0 Å². The van der Waals surface area contributed by atoms with Gasteiger partial charge in [-0.05, 0) is 52.6 Å². The first kappa shape index (κ1) is 27.9. The Morgan fingerprint density at radius 3 is 1.39 bits per heavy atom. The van der Waals surface area contributed by atoms with Crippen LogP contribution in [-0.4, -0.2) is 0 Å². The molecule has 0 saturated carbocycles. The van der Waals surface area contributed by atoms with Gasteiger partial charge in [-0.2, -0.15) is 0 Å². The zero-order valence-corrected chi connectivity index (χ0v) is 21.5. The van der Waals surface area contributed by atoms with Crippen LogP contribution < -0.4 is 0 Å². The van der Waals surface area contributed by atoms with Crippen molar-refractivity contribution < 1.29 is 0 Å².